The molecule has 32 heavy (non-hydrogen) atoms. The average molecular weight is 417 g/mol. The SMILES string of the molecule is CC1=CC=C(/C=C/c2ccc3c(c2)oc2cc(/C=C/c4ccc(C)cc4)ccc23)CC1C. The lowest BCUT2D eigenvalue weighted by atomic mass is 9.89. The lowest BCUT2D eigenvalue weighted by Crippen LogP contribution is -2.01. The van der Waals surface area contributed by atoms with Crippen molar-refractivity contribution in [1.29, 1.82) is 0 Å². The van der Waals surface area contributed by atoms with Crippen LogP contribution in [0.15, 0.2) is 94.5 Å². The molecule has 1 heterocycles. The zero-order valence-corrected chi connectivity index (χ0v) is 18.9. The summed E-state index contributed by atoms with van der Waals surface area (Å²) in [5, 5.41) is 2.32. The fourth-order valence-corrected chi connectivity index (χ4v) is 4.20. The van der Waals surface area contributed by atoms with Crippen molar-refractivity contribution in [3.8, 4) is 0 Å². The maximum atomic E-state index is 6.23. The van der Waals surface area contributed by atoms with Gasteiger partial charge in [0.15, 0.2) is 0 Å². The van der Waals surface area contributed by atoms with Gasteiger partial charge in [0.2, 0.25) is 0 Å². The van der Waals surface area contributed by atoms with E-state index in [-0.39, 0.29) is 0 Å². The summed E-state index contributed by atoms with van der Waals surface area (Å²) in [6, 6.07) is 21.5. The topological polar surface area (TPSA) is 13.1 Å². The summed E-state index contributed by atoms with van der Waals surface area (Å²) in [6.07, 6.45) is 14.3. The molecule has 1 heteroatoms. The summed E-state index contributed by atoms with van der Waals surface area (Å²) in [5.74, 6) is 0.617. The van der Waals surface area contributed by atoms with Crippen LogP contribution in [0, 0.1) is 12.8 Å². The van der Waals surface area contributed by atoms with E-state index in [0.29, 0.717) is 5.92 Å². The van der Waals surface area contributed by atoms with E-state index in [1.807, 2.05) is 0 Å². The van der Waals surface area contributed by atoms with Crippen LogP contribution in [-0.2, 0) is 0 Å². The highest BCUT2D eigenvalue weighted by molar-refractivity contribution is 6.06. The second-order valence-corrected chi connectivity index (χ2v) is 8.95. The van der Waals surface area contributed by atoms with Gasteiger partial charge in [-0.1, -0.05) is 90.9 Å². The van der Waals surface area contributed by atoms with Gasteiger partial charge in [0.25, 0.3) is 0 Å². The van der Waals surface area contributed by atoms with Gasteiger partial charge in [-0.05, 0) is 72.7 Å². The standard InChI is InChI=1S/C31H28O/c1-21-4-7-24(8-5-21)10-11-26-14-16-28-29-17-15-27(20-31(29)32-30(28)19-26)13-12-25-9-6-22(2)23(3)18-25/h4-17,19-20,23H,18H2,1-3H3/b11-10+,13-12+. The van der Waals surface area contributed by atoms with E-state index in [1.54, 1.807) is 0 Å². The first-order valence-corrected chi connectivity index (χ1v) is 11.3. The van der Waals surface area contributed by atoms with Crippen LogP contribution < -0.4 is 0 Å². The van der Waals surface area contributed by atoms with Gasteiger partial charge in [-0.2, -0.15) is 0 Å². The third kappa shape index (κ3) is 4.24. The van der Waals surface area contributed by atoms with Gasteiger partial charge in [0, 0.05) is 10.8 Å². The molecule has 0 amide bonds. The molecule has 0 spiro atoms. The van der Waals surface area contributed by atoms with Crippen molar-refractivity contribution in [1.82, 2.24) is 0 Å². The Labute approximate surface area is 190 Å². The highest BCUT2D eigenvalue weighted by Gasteiger charge is 2.10. The monoisotopic (exact) mass is 416 g/mol. The molecule has 158 valence electrons. The number of hydrogen-bond acceptors (Lipinski definition) is 1. The molecule has 3 aromatic carbocycles. The Morgan fingerprint density at radius 1 is 0.688 bits per heavy atom. The Hall–Kier alpha value is -3.58. The predicted octanol–water partition coefficient (Wildman–Crippen LogP) is 8.99. The van der Waals surface area contributed by atoms with Crippen molar-refractivity contribution >= 4 is 40.2 Å². The number of furan rings is 1. The van der Waals surface area contributed by atoms with Crippen LogP contribution in [0.4, 0.5) is 0 Å². The fraction of sp³-hybridized carbons (Fsp3) is 0.161. The van der Waals surface area contributed by atoms with Gasteiger partial charge in [0.1, 0.15) is 11.2 Å². The number of allylic oxidation sites excluding steroid dienone is 5. The molecule has 1 atom stereocenters. The van der Waals surface area contributed by atoms with Crippen LogP contribution in [0.5, 0.6) is 0 Å². The number of hydrogen-bond donors (Lipinski definition) is 0. The van der Waals surface area contributed by atoms with E-state index in [2.05, 4.69) is 118 Å². The molecule has 0 saturated carbocycles. The van der Waals surface area contributed by atoms with Gasteiger partial charge in [0.05, 0.1) is 0 Å². The van der Waals surface area contributed by atoms with E-state index >= 15 is 0 Å². The Kier molecular flexibility index (Phi) is 5.41. The Morgan fingerprint density at radius 2 is 1.25 bits per heavy atom. The molecule has 0 aliphatic heterocycles. The molecule has 1 nitrogen and oxygen atoms in total. The van der Waals surface area contributed by atoms with Crippen molar-refractivity contribution in [2.24, 2.45) is 5.92 Å². The molecule has 4 aromatic rings. The molecule has 0 fully saturated rings. The van der Waals surface area contributed by atoms with Gasteiger partial charge in [-0.25, -0.2) is 0 Å². The van der Waals surface area contributed by atoms with Gasteiger partial charge >= 0.3 is 0 Å². The highest BCUT2D eigenvalue weighted by Crippen LogP contribution is 2.31. The number of rotatable bonds is 4. The Morgan fingerprint density at radius 3 is 1.88 bits per heavy atom. The van der Waals surface area contributed by atoms with E-state index in [1.165, 1.54) is 22.3 Å². The summed E-state index contributed by atoms with van der Waals surface area (Å²) in [6.45, 7) is 6.61. The smallest absolute Gasteiger partial charge is 0.136 e. The third-order valence-corrected chi connectivity index (χ3v) is 6.44. The Balaban J connectivity index is 1.41. The first kappa shape index (κ1) is 20.3. The van der Waals surface area contributed by atoms with Crippen LogP contribution in [-0.4, -0.2) is 0 Å². The predicted molar refractivity (Wildman–Crippen MR) is 138 cm³/mol. The van der Waals surface area contributed by atoms with E-state index in [0.717, 1.165) is 39.5 Å². The second kappa shape index (κ2) is 8.51. The highest BCUT2D eigenvalue weighted by atomic mass is 16.3. The van der Waals surface area contributed by atoms with E-state index in [4.69, 9.17) is 4.42 Å². The number of aryl methyl sites for hydroxylation is 1. The van der Waals surface area contributed by atoms with Crippen molar-refractivity contribution in [3.05, 3.63) is 112 Å². The van der Waals surface area contributed by atoms with Gasteiger partial charge in [-0.3, -0.25) is 0 Å². The zero-order valence-electron chi connectivity index (χ0n) is 18.9. The summed E-state index contributed by atoms with van der Waals surface area (Å²) in [7, 11) is 0. The Bertz CT molecular complexity index is 1400. The molecule has 5 rings (SSSR count). The van der Waals surface area contributed by atoms with Gasteiger partial charge in [-0.15, -0.1) is 0 Å². The van der Waals surface area contributed by atoms with E-state index in [9.17, 15) is 0 Å². The maximum Gasteiger partial charge on any atom is 0.136 e. The minimum Gasteiger partial charge on any atom is -0.456 e. The van der Waals surface area contributed by atoms with E-state index < -0.39 is 0 Å². The molecule has 1 aliphatic rings. The number of benzene rings is 3. The summed E-state index contributed by atoms with van der Waals surface area (Å²) in [4.78, 5) is 0. The molecule has 0 saturated heterocycles. The summed E-state index contributed by atoms with van der Waals surface area (Å²) in [5.41, 5.74) is 9.47. The molecule has 1 aromatic heterocycles. The molecule has 0 bridgehead atoms. The first-order chi connectivity index (χ1) is 15.5. The largest absolute Gasteiger partial charge is 0.456 e. The average Bonchev–Trinajstić information content (AvgIpc) is 3.16. The van der Waals surface area contributed by atoms with Crippen LogP contribution in [0.1, 0.15) is 42.5 Å². The molecule has 0 radical (unpaired) electrons. The minimum absolute atomic E-state index is 0.617. The molecule has 0 N–H and O–H groups in total. The lowest BCUT2D eigenvalue weighted by molar-refractivity contribution is 0.668. The molecular formula is C31H28O. The minimum atomic E-state index is 0.617. The number of fused-ring (bicyclic) bond motifs is 3. The van der Waals surface area contributed by atoms with Crippen molar-refractivity contribution in [3.63, 3.8) is 0 Å². The molecular weight excluding hydrogens is 388 g/mol. The molecule has 1 unspecified atom stereocenters. The van der Waals surface area contributed by atoms with Crippen LogP contribution in [0.25, 0.3) is 40.2 Å². The van der Waals surface area contributed by atoms with Crippen LogP contribution in [0.3, 0.4) is 0 Å². The maximum absolute atomic E-state index is 6.23. The molecule has 1 aliphatic carbocycles. The quantitative estimate of drug-likeness (QED) is 0.303. The van der Waals surface area contributed by atoms with Crippen molar-refractivity contribution in [2.45, 2.75) is 27.2 Å². The lowest BCUT2D eigenvalue weighted by Gasteiger charge is -2.16. The van der Waals surface area contributed by atoms with Crippen molar-refractivity contribution < 1.29 is 4.42 Å². The third-order valence-electron chi connectivity index (χ3n) is 6.44. The zero-order chi connectivity index (χ0) is 22.1. The fourth-order valence-electron chi connectivity index (χ4n) is 4.20. The van der Waals surface area contributed by atoms with Crippen molar-refractivity contribution in [2.75, 3.05) is 0 Å². The van der Waals surface area contributed by atoms with Crippen LogP contribution >= 0.6 is 0 Å². The summed E-state index contributed by atoms with van der Waals surface area (Å²) < 4.78 is 6.23. The normalized spacial score (nSPS) is 16.9. The second-order valence-electron chi connectivity index (χ2n) is 8.95. The first-order valence-electron chi connectivity index (χ1n) is 11.3. The summed E-state index contributed by atoms with van der Waals surface area (Å²) >= 11 is 0. The van der Waals surface area contributed by atoms with Gasteiger partial charge < -0.3 is 4.42 Å². The van der Waals surface area contributed by atoms with Crippen LogP contribution in [0.2, 0.25) is 0 Å².